The van der Waals surface area contributed by atoms with Gasteiger partial charge in [-0.1, -0.05) is 13.3 Å². The first kappa shape index (κ1) is 15.2. The van der Waals surface area contributed by atoms with Crippen LogP contribution in [0.5, 0.6) is 0 Å². The Kier molecular flexibility index (Phi) is 12.7. The Hall–Kier alpha value is -1.30. The van der Waals surface area contributed by atoms with Crippen molar-refractivity contribution in [1.82, 2.24) is 0 Å². The number of hydrogen-bond donors (Lipinski definition) is 1. The van der Waals surface area contributed by atoms with Gasteiger partial charge in [-0.05, 0) is 6.42 Å². The summed E-state index contributed by atoms with van der Waals surface area (Å²) in [5.41, 5.74) is 0. The molecule has 14 heavy (non-hydrogen) atoms. The Balaban J connectivity index is 0. The highest BCUT2D eigenvalue weighted by Gasteiger charge is 2.07. The zero-order valence-electron chi connectivity index (χ0n) is 8.61. The van der Waals surface area contributed by atoms with Crippen molar-refractivity contribution in [3.63, 3.8) is 0 Å². The summed E-state index contributed by atoms with van der Waals surface area (Å²) in [6.07, 6.45) is -0.125. The van der Waals surface area contributed by atoms with E-state index in [0.717, 1.165) is 27.1 Å². The van der Waals surface area contributed by atoms with Crippen LogP contribution in [0.1, 0.15) is 19.8 Å². The van der Waals surface area contributed by atoms with Crippen LogP contribution >= 0.6 is 0 Å². The van der Waals surface area contributed by atoms with E-state index in [9.17, 15) is 9.59 Å². The minimum atomic E-state index is -1.08. The third kappa shape index (κ3) is 13.3. The fourth-order valence-electron chi connectivity index (χ4n) is 0.309. The van der Waals surface area contributed by atoms with Crippen molar-refractivity contribution in [3.8, 4) is 0 Å². The van der Waals surface area contributed by atoms with Crippen molar-refractivity contribution in [3.05, 3.63) is 0 Å². The summed E-state index contributed by atoms with van der Waals surface area (Å²) >= 11 is 0. The highest BCUT2D eigenvalue weighted by molar-refractivity contribution is 5.76. The molecule has 0 atom stereocenters. The monoisotopic (exact) mass is 208 g/mol. The topological polar surface area (TPSA) is 82.1 Å². The Morgan fingerprint density at radius 1 is 1.14 bits per heavy atom. The second-order valence-corrected chi connectivity index (χ2v) is 2.09. The number of methoxy groups -OCH3 is 2. The Bertz CT molecular complexity index is 140. The Morgan fingerprint density at radius 2 is 1.57 bits per heavy atom. The lowest BCUT2D eigenvalue weighted by Gasteiger charge is -1.96. The minimum absolute atomic E-state index is 0.344. The molecule has 0 aromatic rings. The van der Waals surface area contributed by atoms with Crippen molar-refractivity contribution < 1.29 is 28.9 Å². The lowest BCUT2D eigenvalue weighted by Crippen LogP contribution is -2.11. The molecular weight excluding hydrogens is 192 g/mol. The second kappa shape index (κ2) is 11.7. The predicted octanol–water partition coefficient (Wildman–Crippen LogP) is 1.31. The third-order valence-electron chi connectivity index (χ3n) is 1.01. The van der Waals surface area contributed by atoms with Crippen molar-refractivity contribution in [1.29, 1.82) is 0 Å². The van der Waals surface area contributed by atoms with Crippen LogP contribution in [0.15, 0.2) is 0 Å². The van der Waals surface area contributed by atoms with Gasteiger partial charge in [-0.2, -0.15) is 0 Å². The maximum Gasteiger partial charge on any atom is 0.518 e. The average molecular weight is 208 g/mol. The minimum Gasteiger partial charge on any atom is -0.437 e. The number of aliphatic hydroxyl groups is 1. The standard InChI is InChI=1S/C4H6O5.C4H10O/c1-7-3(5)9-4(6)8-2;1-2-3-4-5/h1-2H3;5H,2-4H2,1H3. The van der Waals surface area contributed by atoms with Gasteiger partial charge in [-0.15, -0.1) is 0 Å². The quantitative estimate of drug-likeness (QED) is 0.544. The average Bonchev–Trinajstić information content (AvgIpc) is 2.19. The molecule has 0 fully saturated rings. The Morgan fingerprint density at radius 3 is 1.71 bits per heavy atom. The van der Waals surface area contributed by atoms with E-state index in [-0.39, 0.29) is 0 Å². The van der Waals surface area contributed by atoms with E-state index < -0.39 is 12.3 Å². The summed E-state index contributed by atoms with van der Waals surface area (Å²) < 4.78 is 11.7. The SMILES string of the molecule is CCCCO.COC(=O)OC(=O)OC. The molecule has 6 nitrogen and oxygen atoms in total. The smallest absolute Gasteiger partial charge is 0.437 e. The van der Waals surface area contributed by atoms with Gasteiger partial charge in [0.05, 0.1) is 14.2 Å². The highest BCUT2D eigenvalue weighted by atomic mass is 16.8. The van der Waals surface area contributed by atoms with Crippen LogP contribution in [0.4, 0.5) is 9.59 Å². The van der Waals surface area contributed by atoms with Crippen molar-refractivity contribution in [2.45, 2.75) is 19.8 Å². The van der Waals surface area contributed by atoms with Gasteiger partial charge in [0.1, 0.15) is 0 Å². The summed E-state index contributed by atoms with van der Waals surface area (Å²) in [5.74, 6) is 0. The lowest BCUT2D eigenvalue weighted by molar-refractivity contribution is 0.0568. The number of rotatable bonds is 2. The maximum absolute atomic E-state index is 10.0. The molecule has 0 unspecified atom stereocenters. The first-order chi connectivity index (χ1) is 6.62. The lowest BCUT2D eigenvalue weighted by atomic mass is 10.4. The number of ether oxygens (including phenoxy) is 3. The van der Waals surface area contributed by atoms with Gasteiger partial charge >= 0.3 is 12.3 Å². The van der Waals surface area contributed by atoms with Crippen LogP contribution in [-0.2, 0) is 14.2 Å². The fourth-order valence-corrected chi connectivity index (χ4v) is 0.309. The van der Waals surface area contributed by atoms with E-state index >= 15 is 0 Å². The van der Waals surface area contributed by atoms with E-state index in [4.69, 9.17) is 5.11 Å². The molecule has 0 aliphatic carbocycles. The molecule has 84 valence electrons. The summed E-state index contributed by atoms with van der Waals surface area (Å²) in [7, 11) is 2.18. The molecule has 0 aromatic carbocycles. The molecular formula is C8H16O6. The van der Waals surface area contributed by atoms with Gasteiger partial charge in [0.15, 0.2) is 0 Å². The van der Waals surface area contributed by atoms with Gasteiger partial charge in [-0.25, -0.2) is 9.59 Å². The zero-order chi connectivity index (χ0) is 11.4. The molecule has 0 radical (unpaired) electrons. The largest absolute Gasteiger partial charge is 0.518 e. The first-order valence-corrected chi connectivity index (χ1v) is 4.06. The molecule has 0 amide bonds. The molecule has 0 aromatic heterocycles. The van der Waals surface area contributed by atoms with E-state index in [1.165, 1.54) is 0 Å². The zero-order valence-corrected chi connectivity index (χ0v) is 8.61. The summed E-state index contributed by atoms with van der Waals surface area (Å²) in [6.45, 7) is 2.40. The van der Waals surface area contributed by atoms with Gasteiger partial charge < -0.3 is 19.3 Å². The van der Waals surface area contributed by atoms with Crippen LogP contribution < -0.4 is 0 Å². The second-order valence-electron chi connectivity index (χ2n) is 2.09. The molecule has 0 spiro atoms. The molecule has 0 aliphatic heterocycles. The fraction of sp³-hybridized carbons (Fsp3) is 0.750. The van der Waals surface area contributed by atoms with Crippen LogP contribution in [-0.4, -0.2) is 38.2 Å². The van der Waals surface area contributed by atoms with Crippen LogP contribution in [0.2, 0.25) is 0 Å². The number of aliphatic hydroxyl groups excluding tert-OH is 1. The van der Waals surface area contributed by atoms with Crippen LogP contribution in [0, 0.1) is 0 Å². The Labute approximate surface area is 82.8 Å². The van der Waals surface area contributed by atoms with E-state index in [2.05, 4.69) is 21.1 Å². The number of carbonyl (C=O) groups is 2. The molecule has 0 bridgehead atoms. The molecule has 6 heteroatoms. The van der Waals surface area contributed by atoms with Crippen LogP contribution in [0.25, 0.3) is 0 Å². The summed E-state index contributed by atoms with van der Waals surface area (Å²) in [5, 5.41) is 8.07. The molecule has 0 aliphatic rings. The van der Waals surface area contributed by atoms with Crippen molar-refractivity contribution >= 4 is 12.3 Å². The van der Waals surface area contributed by atoms with Gasteiger partial charge in [0.2, 0.25) is 0 Å². The number of carbonyl (C=O) groups excluding carboxylic acids is 2. The summed E-state index contributed by atoms with van der Waals surface area (Å²) in [4.78, 5) is 20.1. The molecule has 0 saturated heterocycles. The highest BCUT2D eigenvalue weighted by Crippen LogP contribution is 1.85. The van der Waals surface area contributed by atoms with E-state index in [1.54, 1.807) is 0 Å². The first-order valence-electron chi connectivity index (χ1n) is 4.06. The summed E-state index contributed by atoms with van der Waals surface area (Å²) in [6, 6.07) is 0. The van der Waals surface area contributed by atoms with Crippen molar-refractivity contribution in [2.75, 3.05) is 20.8 Å². The van der Waals surface area contributed by atoms with Crippen molar-refractivity contribution in [2.24, 2.45) is 0 Å². The normalized spacial score (nSPS) is 8.00. The van der Waals surface area contributed by atoms with Gasteiger partial charge in [-0.3, -0.25) is 0 Å². The van der Waals surface area contributed by atoms with Gasteiger partial charge in [0.25, 0.3) is 0 Å². The third-order valence-corrected chi connectivity index (χ3v) is 1.01. The van der Waals surface area contributed by atoms with E-state index in [0.29, 0.717) is 6.61 Å². The van der Waals surface area contributed by atoms with Crippen LogP contribution in [0.3, 0.4) is 0 Å². The van der Waals surface area contributed by atoms with E-state index in [1.807, 2.05) is 0 Å². The predicted molar refractivity (Wildman–Crippen MR) is 47.9 cm³/mol. The number of unbranched alkanes of at least 4 members (excludes halogenated alkanes) is 1. The number of hydrogen-bond acceptors (Lipinski definition) is 6. The molecule has 0 heterocycles. The molecule has 0 rings (SSSR count). The molecule has 1 N–H and O–H groups in total. The molecule has 0 saturated carbocycles. The van der Waals surface area contributed by atoms with Gasteiger partial charge in [0, 0.05) is 6.61 Å². The maximum atomic E-state index is 10.0.